The van der Waals surface area contributed by atoms with Gasteiger partial charge in [-0.3, -0.25) is 13.9 Å². The molecule has 35 heavy (non-hydrogen) atoms. The first-order valence-corrected chi connectivity index (χ1v) is 12.4. The molecule has 0 unspecified atom stereocenters. The van der Waals surface area contributed by atoms with E-state index in [9.17, 15) is 19.8 Å². The van der Waals surface area contributed by atoms with Gasteiger partial charge in [-0.05, 0) is 36.0 Å². The number of nitrogens with zero attached hydrogens (tertiary/aromatic N) is 4. The Hall–Kier alpha value is -2.91. The Labute approximate surface area is 205 Å². The largest absolute Gasteiger partial charge is 0.491 e. The van der Waals surface area contributed by atoms with Gasteiger partial charge in [0.05, 0.1) is 6.54 Å². The van der Waals surface area contributed by atoms with Gasteiger partial charge in [0.25, 0.3) is 5.56 Å². The van der Waals surface area contributed by atoms with Crippen LogP contribution in [0.25, 0.3) is 11.2 Å². The molecular formula is C26H38N4O5. The van der Waals surface area contributed by atoms with Gasteiger partial charge in [0.2, 0.25) is 0 Å². The maximum atomic E-state index is 13.4. The number of aliphatic hydroxyl groups is 2. The number of imidazole rings is 1. The number of rotatable bonds is 11. The van der Waals surface area contributed by atoms with Crippen LogP contribution in [0.1, 0.15) is 65.3 Å². The lowest BCUT2D eigenvalue weighted by Crippen LogP contribution is -2.44. The molecular weight excluding hydrogens is 448 g/mol. The molecule has 2 heterocycles. The molecule has 3 aromatic rings. The summed E-state index contributed by atoms with van der Waals surface area (Å²) in [6.07, 6.45) is 1.26. The third-order valence-electron chi connectivity index (χ3n) is 6.07. The third-order valence-corrected chi connectivity index (χ3v) is 6.07. The zero-order chi connectivity index (χ0) is 25.8. The first-order chi connectivity index (χ1) is 16.6. The van der Waals surface area contributed by atoms with Crippen molar-refractivity contribution >= 4 is 11.2 Å². The quantitative estimate of drug-likeness (QED) is 0.431. The third kappa shape index (κ3) is 5.85. The summed E-state index contributed by atoms with van der Waals surface area (Å²) in [5, 5.41) is 20.5. The van der Waals surface area contributed by atoms with Gasteiger partial charge in [0.1, 0.15) is 30.9 Å². The van der Waals surface area contributed by atoms with Crippen LogP contribution in [-0.2, 0) is 31.7 Å². The number of aryl methyl sites for hydroxylation is 2. The van der Waals surface area contributed by atoms with E-state index in [0.717, 1.165) is 23.8 Å². The minimum absolute atomic E-state index is 0.0235. The highest BCUT2D eigenvalue weighted by atomic mass is 16.5. The highest BCUT2D eigenvalue weighted by molar-refractivity contribution is 5.71. The number of aromatic nitrogens is 4. The summed E-state index contributed by atoms with van der Waals surface area (Å²) in [6, 6.07) is 7.67. The van der Waals surface area contributed by atoms with E-state index in [2.05, 4.69) is 25.8 Å². The van der Waals surface area contributed by atoms with Crippen LogP contribution in [0.3, 0.4) is 0 Å². The lowest BCUT2D eigenvalue weighted by atomic mass is 9.87. The number of aliphatic hydroxyl groups excluding tert-OH is 2. The van der Waals surface area contributed by atoms with Gasteiger partial charge in [0.15, 0.2) is 11.2 Å². The van der Waals surface area contributed by atoms with Crippen molar-refractivity contribution in [2.75, 3.05) is 6.61 Å². The second-order valence-electron chi connectivity index (χ2n) is 9.95. The van der Waals surface area contributed by atoms with E-state index < -0.39 is 17.4 Å². The summed E-state index contributed by atoms with van der Waals surface area (Å²) in [6.45, 7) is 10.7. The maximum absolute atomic E-state index is 13.4. The predicted octanol–water partition coefficient (Wildman–Crippen LogP) is 2.80. The Balaban J connectivity index is 1.91. The number of ether oxygens (including phenoxy) is 1. The van der Waals surface area contributed by atoms with Crippen LogP contribution < -0.4 is 16.0 Å². The summed E-state index contributed by atoms with van der Waals surface area (Å²) >= 11 is 0. The van der Waals surface area contributed by atoms with Crippen LogP contribution in [0.5, 0.6) is 5.75 Å². The SMILES string of the molecule is CCCCn1c(=O)n(C[C@@H](O)COc2ccc(C(C)(C)C)cc2)c(=O)c2c1nc(CO)n2CCC. The molecule has 1 atom stereocenters. The summed E-state index contributed by atoms with van der Waals surface area (Å²) in [4.78, 5) is 31.1. The fourth-order valence-corrected chi connectivity index (χ4v) is 4.11. The Morgan fingerprint density at radius 2 is 1.69 bits per heavy atom. The van der Waals surface area contributed by atoms with Crippen LogP contribution >= 0.6 is 0 Å². The normalized spacial score (nSPS) is 12.9. The van der Waals surface area contributed by atoms with Crippen molar-refractivity contribution in [2.45, 2.75) is 91.6 Å². The van der Waals surface area contributed by atoms with Crippen molar-refractivity contribution in [3.05, 3.63) is 56.5 Å². The lowest BCUT2D eigenvalue weighted by molar-refractivity contribution is 0.0901. The number of benzene rings is 1. The van der Waals surface area contributed by atoms with E-state index in [4.69, 9.17) is 4.74 Å². The zero-order valence-corrected chi connectivity index (χ0v) is 21.5. The van der Waals surface area contributed by atoms with Gasteiger partial charge < -0.3 is 19.5 Å². The number of hydrogen-bond acceptors (Lipinski definition) is 6. The van der Waals surface area contributed by atoms with Gasteiger partial charge in [0, 0.05) is 13.1 Å². The standard InChI is InChI=1S/C26H38N4O5/c1-6-8-14-29-23-22(28(13-7-2)21(16-31)27-23)24(33)30(25(29)34)15-19(32)17-35-20-11-9-18(10-12-20)26(3,4)5/h9-12,19,31-32H,6-8,13-17H2,1-5H3/t19-/m1/s1. The number of unbranched alkanes of at least 4 members (excludes halogenated alkanes) is 1. The number of hydrogen-bond donors (Lipinski definition) is 2. The van der Waals surface area contributed by atoms with Crippen LogP contribution in [-0.4, -0.2) is 41.6 Å². The van der Waals surface area contributed by atoms with E-state index in [1.165, 1.54) is 10.1 Å². The van der Waals surface area contributed by atoms with Crippen LogP contribution in [0.2, 0.25) is 0 Å². The number of fused-ring (bicyclic) bond motifs is 1. The van der Waals surface area contributed by atoms with E-state index >= 15 is 0 Å². The van der Waals surface area contributed by atoms with Crippen LogP contribution in [0, 0.1) is 0 Å². The fraction of sp³-hybridized carbons (Fsp3) is 0.577. The highest BCUT2D eigenvalue weighted by Gasteiger charge is 2.22. The van der Waals surface area contributed by atoms with E-state index in [-0.39, 0.29) is 36.3 Å². The molecule has 2 N–H and O–H groups in total. The summed E-state index contributed by atoms with van der Waals surface area (Å²) in [5.41, 5.74) is 0.714. The van der Waals surface area contributed by atoms with Gasteiger partial charge in [-0.2, -0.15) is 0 Å². The smallest absolute Gasteiger partial charge is 0.332 e. The van der Waals surface area contributed by atoms with Gasteiger partial charge >= 0.3 is 5.69 Å². The molecule has 0 amide bonds. The fourth-order valence-electron chi connectivity index (χ4n) is 4.11. The molecule has 0 aliphatic carbocycles. The molecule has 1 aromatic carbocycles. The molecule has 9 nitrogen and oxygen atoms in total. The first kappa shape index (κ1) is 26.7. The predicted molar refractivity (Wildman–Crippen MR) is 136 cm³/mol. The minimum atomic E-state index is -1.07. The summed E-state index contributed by atoms with van der Waals surface area (Å²) in [5.74, 6) is 0.956. The Kier molecular flexibility index (Phi) is 8.56. The van der Waals surface area contributed by atoms with Crippen molar-refractivity contribution in [1.29, 1.82) is 0 Å². The van der Waals surface area contributed by atoms with Crippen molar-refractivity contribution in [3.63, 3.8) is 0 Å². The van der Waals surface area contributed by atoms with E-state index in [0.29, 0.717) is 24.7 Å². The molecule has 0 spiro atoms. The zero-order valence-electron chi connectivity index (χ0n) is 21.5. The Morgan fingerprint density at radius 3 is 2.26 bits per heavy atom. The van der Waals surface area contributed by atoms with Crippen molar-refractivity contribution in [2.24, 2.45) is 0 Å². The molecule has 2 aromatic heterocycles. The molecule has 192 valence electrons. The monoisotopic (exact) mass is 486 g/mol. The Bertz CT molecular complexity index is 1250. The van der Waals surface area contributed by atoms with E-state index in [1.807, 2.05) is 38.1 Å². The molecule has 0 fully saturated rings. The molecule has 0 aliphatic rings. The summed E-state index contributed by atoms with van der Waals surface area (Å²) < 4.78 is 9.94. The lowest BCUT2D eigenvalue weighted by Gasteiger charge is -2.19. The second kappa shape index (κ2) is 11.2. The maximum Gasteiger partial charge on any atom is 0.332 e. The van der Waals surface area contributed by atoms with Crippen molar-refractivity contribution in [1.82, 2.24) is 18.7 Å². The van der Waals surface area contributed by atoms with Crippen LogP contribution in [0.4, 0.5) is 0 Å². The average molecular weight is 487 g/mol. The molecule has 0 saturated heterocycles. The first-order valence-electron chi connectivity index (χ1n) is 12.4. The molecule has 3 rings (SSSR count). The molecule has 9 heteroatoms. The van der Waals surface area contributed by atoms with Crippen molar-refractivity contribution < 1.29 is 14.9 Å². The van der Waals surface area contributed by atoms with Crippen molar-refractivity contribution in [3.8, 4) is 5.75 Å². The van der Waals surface area contributed by atoms with Gasteiger partial charge in [-0.15, -0.1) is 0 Å². The van der Waals surface area contributed by atoms with Gasteiger partial charge in [-0.25, -0.2) is 9.78 Å². The molecule has 0 aliphatic heterocycles. The van der Waals surface area contributed by atoms with Gasteiger partial charge in [-0.1, -0.05) is 53.2 Å². The molecule has 0 saturated carbocycles. The Morgan fingerprint density at radius 1 is 1.00 bits per heavy atom. The van der Waals surface area contributed by atoms with Crippen LogP contribution in [0.15, 0.2) is 33.9 Å². The molecule has 0 bridgehead atoms. The highest BCUT2D eigenvalue weighted by Crippen LogP contribution is 2.24. The second-order valence-corrected chi connectivity index (χ2v) is 9.95. The summed E-state index contributed by atoms with van der Waals surface area (Å²) in [7, 11) is 0. The van der Waals surface area contributed by atoms with E-state index in [1.54, 1.807) is 4.57 Å². The topological polar surface area (TPSA) is 112 Å². The average Bonchev–Trinajstić information content (AvgIpc) is 3.18. The minimum Gasteiger partial charge on any atom is -0.491 e. The molecule has 0 radical (unpaired) electrons.